The van der Waals surface area contributed by atoms with Gasteiger partial charge in [-0.3, -0.25) is 14.9 Å². The lowest BCUT2D eigenvalue weighted by Crippen LogP contribution is -2.51. The summed E-state index contributed by atoms with van der Waals surface area (Å²) < 4.78 is 0. The molecule has 0 spiro atoms. The third kappa shape index (κ3) is 4.14. The summed E-state index contributed by atoms with van der Waals surface area (Å²) in [5, 5.41) is 5.73. The molecule has 2 atom stereocenters. The summed E-state index contributed by atoms with van der Waals surface area (Å²) in [4.78, 5) is 25.5. The van der Waals surface area contributed by atoms with Gasteiger partial charge in [0.1, 0.15) is 0 Å². The van der Waals surface area contributed by atoms with Gasteiger partial charge < -0.3 is 10.2 Å². The van der Waals surface area contributed by atoms with Crippen LogP contribution in [0, 0.1) is 0 Å². The first-order valence-electron chi connectivity index (χ1n) is 6.49. The Morgan fingerprint density at radius 3 is 2.44 bits per heavy atom. The summed E-state index contributed by atoms with van der Waals surface area (Å²) in [6.07, 6.45) is 3.78. The van der Waals surface area contributed by atoms with E-state index in [0.717, 1.165) is 25.9 Å². The van der Waals surface area contributed by atoms with Crippen LogP contribution in [0.1, 0.15) is 26.7 Å². The number of carbonyl (C=O) groups excluding carboxylic acids is 2. The normalized spacial score (nSPS) is 18.2. The van der Waals surface area contributed by atoms with E-state index < -0.39 is 0 Å². The van der Waals surface area contributed by atoms with Crippen molar-refractivity contribution in [2.45, 2.75) is 38.8 Å². The molecule has 1 rings (SSSR count). The molecule has 0 aromatic heterocycles. The second kappa shape index (κ2) is 7.16. The molecule has 2 amide bonds. The second-order valence-electron chi connectivity index (χ2n) is 4.68. The number of amides is 2. The molecule has 1 heterocycles. The quantitative estimate of drug-likeness (QED) is 0.668. The van der Waals surface area contributed by atoms with Gasteiger partial charge in [-0.2, -0.15) is 0 Å². The van der Waals surface area contributed by atoms with E-state index in [1.807, 2.05) is 4.90 Å². The van der Waals surface area contributed by atoms with Crippen LogP contribution < -0.4 is 10.6 Å². The number of nitrogens with one attached hydrogen (secondary N) is 2. The molecule has 1 aliphatic rings. The Hall–Kier alpha value is -1.36. The van der Waals surface area contributed by atoms with Crippen LogP contribution in [-0.4, -0.2) is 48.4 Å². The van der Waals surface area contributed by atoms with E-state index in [2.05, 4.69) is 17.2 Å². The zero-order valence-corrected chi connectivity index (χ0v) is 11.2. The average Bonchev–Trinajstić information content (AvgIpc) is 2.88. The van der Waals surface area contributed by atoms with E-state index in [0.29, 0.717) is 6.54 Å². The van der Waals surface area contributed by atoms with Gasteiger partial charge in [0.2, 0.25) is 11.8 Å². The number of nitrogens with zero attached hydrogens (tertiary/aromatic N) is 1. The predicted octanol–water partition coefficient (Wildman–Crippen LogP) is 0.278. The molecule has 1 aliphatic heterocycles. The van der Waals surface area contributed by atoms with Crippen molar-refractivity contribution in [2.24, 2.45) is 0 Å². The molecule has 2 unspecified atom stereocenters. The first kappa shape index (κ1) is 14.7. The summed E-state index contributed by atoms with van der Waals surface area (Å²) >= 11 is 0. The number of hydrogen-bond acceptors (Lipinski definition) is 3. The molecule has 0 aromatic carbocycles. The average molecular weight is 253 g/mol. The molecule has 2 N–H and O–H groups in total. The van der Waals surface area contributed by atoms with Gasteiger partial charge in [-0.15, -0.1) is 6.58 Å². The molecule has 0 radical (unpaired) electrons. The van der Waals surface area contributed by atoms with E-state index in [1.54, 1.807) is 19.9 Å². The van der Waals surface area contributed by atoms with Gasteiger partial charge in [-0.25, -0.2) is 0 Å². The van der Waals surface area contributed by atoms with Crippen molar-refractivity contribution < 1.29 is 9.59 Å². The summed E-state index contributed by atoms with van der Waals surface area (Å²) in [6.45, 7) is 9.21. The highest BCUT2D eigenvalue weighted by Gasteiger charge is 2.25. The summed E-state index contributed by atoms with van der Waals surface area (Å²) in [5.41, 5.74) is 0. The monoisotopic (exact) mass is 253 g/mol. The summed E-state index contributed by atoms with van der Waals surface area (Å²) in [7, 11) is 0. The molecule has 0 aliphatic carbocycles. The lowest BCUT2D eigenvalue weighted by atomic mass is 10.2. The minimum Gasteiger partial charge on any atom is -0.351 e. The van der Waals surface area contributed by atoms with Gasteiger partial charge in [0.15, 0.2) is 0 Å². The van der Waals surface area contributed by atoms with Crippen molar-refractivity contribution in [3.63, 3.8) is 0 Å². The van der Waals surface area contributed by atoms with Gasteiger partial charge >= 0.3 is 0 Å². The van der Waals surface area contributed by atoms with E-state index in [1.165, 1.54) is 0 Å². The van der Waals surface area contributed by atoms with Crippen molar-refractivity contribution in [2.75, 3.05) is 19.6 Å². The van der Waals surface area contributed by atoms with Crippen LogP contribution in [0.4, 0.5) is 0 Å². The van der Waals surface area contributed by atoms with Gasteiger partial charge in [-0.05, 0) is 26.7 Å². The maximum atomic E-state index is 12.0. The molecule has 0 saturated carbocycles. The Bertz CT molecular complexity index is 311. The second-order valence-corrected chi connectivity index (χ2v) is 4.68. The van der Waals surface area contributed by atoms with E-state index in [9.17, 15) is 9.59 Å². The van der Waals surface area contributed by atoms with Crippen molar-refractivity contribution >= 4 is 11.8 Å². The number of hydrogen-bond donors (Lipinski definition) is 2. The molecule has 1 fully saturated rings. The Balaban J connectivity index is 2.37. The minimum absolute atomic E-state index is 0.0795. The first-order chi connectivity index (χ1) is 8.56. The van der Waals surface area contributed by atoms with Crippen molar-refractivity contribution in [1.29, 1.82) is 0 Å². The van der Waals surface area contributed by atoms with Gasteiger partial charge in [0.05, 0.1) is 12.1 Å². The fourth-order valence-corrected chi connectivity index (χ4v) is 2.06. The molecule has 5 nitrogen and oxygen atoms in total. The van der Waals surface area contributed by atoms with E-state index >= 15 is 0 Å². The standard InChI is InChI=1S/C13H23N3O2/c1-4-7-14-12(17)10(2)15-11(3)13(18)16-8-5-6-9-16/h4,10-11,15H,1,5-9H2,2-3H3,(H,14,17). The number of likely N-dealkylation sites (tertiary alicyclic amines) is 1. The predicted molar refractivity (Wildman–Crippen MR) is 71.1 cm³/mol. The Kier molecular flexibility index (Phi) is 5.85. The largest absolute Gasteiger partial charge is 0.351 e. The maximum Gasteiger partial charge on any atom is 0.239 e. The van der Waals surface area contributed by atoms with Crippen LogP contribution in [0.2, 0.25) is 0 Å². The number of rotatable bonds is 6. The van der Waals surface area contributed by atoms with Crippen LogP contribution >= 0.6 is 0 Å². The lowest BCUT2D eigenvalue weighted by Gasteiger charge is -2.23. The van der Waals surface area contributed by atoms with Crippen LogP contribution in [0.5, 0.6) is 0 Å². The summed E-state index contributed by atoms with van der Waals surface area (Å²) in [6, 6.07) is -0.709. The highest BCUT2D eigenvalue weighted by Crippen LogP contribution is 2.09. The first-order valence-corrected chi connectivity index (χ1v) is 6.49. The molecule has 1 saturated heterocycles. The zero-order valence-electron chi connectivity index (χ0n) is 11.2. The van der Waals surface area contributed by atoms with Crippen LogP contribution in [0.3, 0.4) is 0 Å². The van der Waals surface area contributed by atoms with Gasteiger partial charge in [0.25, 0.3) is 0 Å². The third-order valence-electron chi connectivity index (χ3n) is 3.10. The fraction of sp³-hybridized carbons (Fsp3) is 0.692. The zero-order chi connectivity index (χ0) is 13.5. The Morgan fingerprint density at radius 2 is 1.89 bits per heavy atom. The van der Waals surface area contributed by atoms with Crippen molar-refractivity contribution in [3.8, 4) is 0 Å². The van der Waals surface area contributed by atoms with Crippen molar-refractivity contribution in [3.05, 3.63) is 12.7 Å². The SMILES string of the molecule is C=CCNC(=O)C(C)NC(C)C(=O)N1CCCC1. The molecule has 18 heavy (non-hydrogen) atoms. The fourth-order valence-electron chi connectivity index (χ4n) is 2.06. The van der Waals surface area contributed by atoms with Crippen LogP contribution in [0.15, 0.2) is 12.7 Å². The minimum atomic E-state index is -0.383. The van der Waals surface area contributed by atoms with Crippen LogP contribution in [-0.2, 0) is 9.59 Å². The molecule has 5 heteroatoms. The van der Waals surface area contributed by atoms with Gasteiger partial charge in [-0.1, -0.05) is 6.08 Å². The molecule has 0 bridgehead atoms. The molecule has 102 valence electrons. The third-order valence-corrected chi connectivity index (χ3v) is 3.10. The molecule has 0 aromatic rings. The highest BCUT2D eigenvalue weighted by atomic mass is 16.2. The maximum absolute atomic E-state index is 12.0. The van der Waals surface area contributed by atoms with Crippen molar-refractivity contribution in [1.82, 2.24) is 15.5 Å². The number of carbonyl (C=O) groups is 2. The summed E-state index contributed by atoms with van der Waals surface area (Å²) in [5.74, 6) is -0.0353. The Labute approximate surface area is 109 Å². The Morgan fingerprint density at radius 1 is 1.28 bits per heavy atom. The highest BCUT2D eigenvalue weighted by molar-refractivity contribution is 5.85. The lowest BCUT2D eigenvalue weighted by molar-refractivity contribution is -0.132. The van der Waals surface area contributed by atoms with E-state index in [4.69, 9.17) is 0 Å². The molecular formula is C13H23N3O2. The van der Waals surface area contributed by atoms with E-state index in [-0.39, 0.29) is 23.9 Å². The molecular weight excluding hydrogens is 230 g/mol. The van der Waals surface area contributed by atoms with Gasteiger partial charge in [0, 0.05) is 19.6 Å². The van der Waals surface area contributed by atoms with Crippen LogP contribution in [0.25, 0.3) is 0 Å². The topological polar surface area (TPSA) is 61.4 Å². The smallest absolute Gasteiger partial charge is 0.239 e.